The number of alkyl halides is 3. The number of anilines is 1. The summed E-state index contributed by atoms with van der Waals surface area (Å²) in [5.74, 6) is -1.78. The molecule has 1 aromatic heterocycles. The number of amides is 1. The monoisotopic (exact) mass is 393 g/mol. The molecule has 2 aromatic carbocycles. The highest BCUT2D eigenvalue weighted by Crippen LogP contribution is 2.35. The van der Waals surface area contributed by atoms with E-state index < -0.39 is 41.2 Å². The lowest BCUT2D eigenvalue weighted by Gasteiger charge is -2.11. The number of carbonyl (C=O) groups is 1. The van der Waals surface area contributed by atoms with Crippen LogP contribution in [-0.4, -0.2) is 16.1 Å². The highest BCUT2D eigenvalue weighted by atomic mass is 19.4. The first-order valence-electron chi connectivity index (χ1n) is 8.02. The van der Waals surface area contributed by atoms with Crippen LogP contribution in [0, 0.1) is 6.92 Å². The van der Waals surface area contributed by atoms with E-state index in [0.29, 0.717) is 10.9 Å². The Balaban J connectivity index is 1.90. The number of fused-ring (bicyclic) bond motifs is 1. The van der Waals surface area contributed by atoms with Crippen LogP contribution in [0.4, 0.5) is 18.9 Å². The number of hydrogen-bond acceptors (Lipinski definition) is 5. The van der Waals surface area contributed by atoms with Gasteiger partial charge in [0.2, 0.25) is 11.7 Å². The summed E-state index contributed by atoms with van der Waals surface area (Å²) in [4.78, 5) is 24.4. The van der Waals surface area contributed by atoms with Crippen LogP contribution in [0.5, 0.6) is 11.5 Å². The lowest BCUT2D eigenvalue weighted by atomic mass is 10.0. The molecule has 1 heterocycles. The number of benzene rings is 2. The first kappa shape index (κ1) is 19.3. The van der Waals surface area contributed by atoms with Crippen molar-refractivity contribution in [2.75, 3.05) is 5.32 Å². The zero-order valence-electron chi connectivity index (χ0n) is 14.4. The molecule has 28 heavy (non-hydrogen) atoms. The van der Waals surface area contributed by atoms with Crippen LogP contribution in [0.25, 0.3) is 11.0 Å². The summed E-state index contributed by atoms with van der Waals surface area (Å²) in [5, 5.41) is 21.9. The Hall–Kier alpha value is -3.49. The van der Waals surface area contributed by atoms with Gasteiger partial charge in [-0.2, -0.15) is 13.2 Å². The van der Waals surface area contributed by atoms with E-state index in [4.69, 9.17) is 4.42 Å². The standard InChI is InChI=1S/C19H14F3NO5/c1-9-12-5-6-14(24)16(26)17(12)28-18(27)13(9)8-15(25)23-11-4-2-3-10(7-11)19(20,21)22/h2-7,24,26H,8H2,1H3,(H,23,25). The molecule has 1 amide bonds. The van der Waals surface area contributed by atoms with Gasteiger partial charge in [0.25, 0.3) is 0 Å². The third kappa shape index (κ3) is 3.64. The van der Waals surface area contributed by atoms with Gasteiger partial charge in [-0.15, -0.1) is 0 Å². The number of aryl methyl sites for hydroxylation is 1. The van der Waals surface area contributed by atoms with Gasteiger partial charge in [0.05, 0.1) is 17.5 Å². The highest BCUT2D eigenvalue weighted by molar-refractivity contribution is 5.94. The van der Waals surface area contributed by atoms with Crippen molar-refractivity contribution in [2.45, 2.75) is 19.5 Å². The molecule has 0 fully saturated rings. The number of aromatic hydroxyl groups is 2. The molecule has 0 aliphatic heterocycles. The van der Waals surface area contributed by atoms with Gasteiger partial charge < -0.3 is 19.9 Å². The second kappa shape index (κ2) is 6.91. The van der Waals surface area contributed by atoms with E-state index in [0.717, 1.165) is 18.2 Å². The van der Waals surface area contributed by atoms with E-state index >= 15 is 0 Å². The molecule has 0 bridgehead atoms. The van der Waals surface area contributed by atoms with Crippen molar-refractivity contribution in [2.24, 2.45) is 0 Å². The molecule has 3 rings (SSSR count). The quantitative estimate of drug-likeness (QED) is 0.465. The molecule has 3 aromatic rings. The molecular weight excluding hydrogens is 379 g/mol. The fourth-order valence-corrected chi connectivity index (χ4v) is 2.77. The predicted molar refractivity (Wildman–Crippen MR) is 94.3 cm³/mol. The molecule has 9 heteroatoms. The largest absolute Gasteiger partial charge is 0.504 e. The van der Waals surface area contributed by atoms with Crippen LogP contribution >= 0.6 is 0 Å². The molecule has 0 spiro atoms. The first-order valence-corrected chi connectivity index (χ1v) is 8.02. The molecule has 6 nitrogen and oxygen atoms in total. The lowest BCUT2D eigenvalue weighted by Crippen LogP contribution is -2.21. The highest BCUT2D eigenvalue weighted by Gasteiger charge is 2.30. The van der Waals surface area contributed by atoms with Crippen LogP contribution in [0.2, 0.25) is 0 Å². The second-order valence-corrected chi connectivity index (χ2v) is 6.11. The van der Waals surface area contributed by atoms with E-state index in [1.165, 1.54) is 25.1 Å². The molecule has 3 N–H and O–H groups in total. The Morgan fingerprint density at radius 2 is 1.89 bits per heavy atom. The summed E-state index contributed by atoms with van der Waals surface area (Å²) >= 11 is 0. The topological polar surface area (TPSA) is 99.8 Å². The molecule has 146 valence electrons. The zero-order chi connectivity index (χ0) is 20.6. The predicted octanol–water partition coefficient (Wildman–Crippen LogP) is 3.71. The first-order chi connectivity index (χ1) is 13.1. The van der Waals surface area contributed by atoms with Crippen molar-refractivity contribution in [3.8, 4) is 11.5 Å². The van der Waals surface area contributed by atoms with Crippen LogP contribution in [0.15, 0.2) is 45.6 Å². The van der Waals surface area contributed by atoms with Crippen LogP contribution in [0.3, 0.4) is 0 Å². The Kier molecular flexibility index (Phi) is 4.76. The zero-order valence-corrected chi connectivity index (χ0v) is 14.4. The number of nitrogens with one attached hydrogen (secondary N) is 1. The van der Waals surface area contributed by atoms with Crippen LogP contribution in [0.1, 0.15) is 16.7 Å². The normalized spacial score (nSPS) is 11.6. The van der Waals surface area contributed by atoms with E-state index in [1.807, 2.05) is 0 Å². The minimum Gasteiger partial charge on any atom is -0.504 e. The summed E-state index contributed by atoms with van der Waals surface area (Å²) in [6, 6.07) is 6.73. The number of phenolic OH excluding ortho intramolecular Hbond substituents is 2. The van der Waals surface area contributed by atoms with E-state index in [-0.39, 0.29) is 16.8 Å². The van der Waals surface area contributed by atoms with Gasteiger partial charge in [0, 0.05) is 11.1 Å². The van der Waals surface area contributed by atoms with Gasteiger partial charge in [-0.05, 0) is 42.8 Å². The average Bonchev–Trinajstić information content (AvgIpc) is 2.61. The Morgan fingerprint density at radius 1 is 1.18 bits per heavy atom. The van der Waals surface area contributed by atoms with Crippen molar-refractivity contribution < 1.29 is 32.6 Å². The van der Waals surface area contributed by atoms with Crippen LogP contribution < -0.4 is 10.9 Å². The van der Waals surface area contributed by atoms with Crippen molar-refractivity contribution in [1.29, 1.82) is 0 Å². The number of hydrogen-bond donors (Lipinski definition) is 3. The number of rotatable bonds is 3. The lowest BCUT2D eigenvalue weighted by molar-refractivity contribution is -0.137. The molecule has 0 aliphatic carbocycles. The maximum absolute atomic E-state index is 12.8. The third-order valence-electron chi connectivity index (χ3n) is 4.22. The summed E-state index contributed by atoms with van der Waals surface area (Å²) < 4.78 is 43.3. The smallest absolute Gasteiger partial charge is 0.416 e. The Morgan fingerprint density at radius 3 is 2.57 bits per heavy atom. The van der Waals surface area contributed by atoms with Crippen molar-refractivity contribution >= 4 is 22.6 Å². The molecule has 0 saturated heterocycles. The molecule has 0 atom stereocenters. The summed E-state index contributed by atoms with van der Waals surface area (Å²) in [5.41, 5.74) is -1.76. The number of carbonyl (C=O) groups excluding carboxylic acids is 1. The SMILES string of the molecule is Cc1c(CC(=O)Nc2cccc(C(F)(F)F)c2)c(=O)oc2c(O)c(O)ccc12. The Bertz CT molecular complexity index is 1130. The van der Waals surface area contributed by atoms with Gasteiger partial charge in [-0.25, -0.2) is 4.79 Å². The van der Waals surface area contributed by atoms with Gasteiger partial charge in [0.1, 0.15) is 0 Å². The van der Waals surface area contributed by atoms with Gasteiger partial charge in [-0.3, -0.25) is 4.79 Å². The number of phenols is 2. The fourth-order valence-electron chi connectivity index (χ4n) is 2.77. The maximum Gasteiger partial charge on any atom is 0.416 e. The summed E-state index contributed by atoms with van der Waals surface area (Å²) in [7, 11) is 0. The number of halogens is 3. The molecule has 0 radical (unpaired) electrons. The van der Waals surface area contributed by atoms with Gasteiger partial charge >= 0.3 is 11.8 Å². The molecule has 0 unspecified atom stereocenters. The molecule has 0 aliphatic rings. The van der Waals surface area contributed by atoms with Gasteiger partial charge in [0.15, 0.2) is 11.3 Å². The van der Waals surface area contributed by atoms with E-state index in [1.54, 1.807) is 0 Å². The fraction of sp³-hybridized carbons (Fsp3) is 0.158. The minimum absolute atomic E-state index is 0.0120. The van der Waals surface area contributed by atoms with Gasteiger partial charge in [-0.1, -0.05) is 6.07 Å². The second-order valence-electron chi connectivity index (χ2n) is 6.11. The van der Waals surface area contributed by atoms with Crippen molar-refractivity contribution in [3.63, 3.8) is 0 Å². The average molecular weight is 393 g/mol. The van der Waals surface area contributed by atoms with E-state index in [9.17, 15) is 33.0 Å². The third-order valence-corrected chi connectivity index (χ3v) is 4.22. The molecular formula is C19H14F3NO5. The molecule has 0 saturated carbocycles. The minimum atomic E-state index is -4.55. The maximum atomic E-state index is 12.8. The summed E-state index contributed by atoms with van der Waals surface area (Å²) in [6.45, 7) is 1.53. The van der Waals surface area contributed by atoms with Crippen LogP contribution in [-0.2, 0) is 17.4 Å². The van der Waals surface area contributed by atoms with E-state index in [2.05, 4.69) is 5.32 Å². The summed E-state index contributed by atoms with van der Waals surface area (Å²) in [6.07, 6.45) is -4.99. The van der Waals surface area contributed by atoms with Crippen molar-refractivity contribution in [1.82, 2.24) is 0 Å². The Labute approximate surface area is 155 Å². The van der Waals surface area contributed by atoms with Crippen molar-refractivity contribution in [3.05, 3.63) is 63.5 Å².